The lowest BCUT2D eigenvalue weighted by molar-refractivity contribution is 0.195. The average molecular weight is 400 g/mol. The second kappa shape index (κ2) is 10.0. The van der Waals surface area contributed by atoms with Gasteiger partial charge in [-0.3, -0.25) is 9.89 Å². The normalized spacial score (nSPS) is 15.9. The number of fused-ring (bicyclic) bond motifs is 1. The van der Waals surface area contributed by atoms with Crippen molar-refractivity contribution in [3.63, 3.8) is 0 Å². The van der Waals surface area contributed by atoms with Gasteiger partial charge in [0.05, 0.1) is 17.2 Å². The zero-order valence-corrected chi connectivity index (χ0v) is 18.4. The van der Waals surface area contributed by atoms with Gasteiger partial charge in [-0.2, -0.15) is 0 Å². The smallest absolute Gasteiger partial charge is 0.191 e. The largest absolute Gasteiger partial charge is 0.357 e. The molecule has 1 atom stereocenters. The second-order valence-corrected chi connectivity index (χ2v) is 8.77. The fourth-order valence-electron chi connectivity index (χ4n) is 3.51. The van der Waals surface area contributed by atoms with E-state index in [1.54, 1.807) is 11.3 Å². The first-order valence-electron chi connectivity index (χ1n) is 10.3. The molecule has 0 bridgehead atoms. The Morgan fingerprint density at radius 2 is 2.04 bits per heavy atom. The predicted octanol–water partition coefficient (Wildman–Crippen LogP) is 3.30. The van der Waals surface area contributed by atoms with Crippen molar-refractivity contribution in [2.75, 3.05) is 26.2 Å². The van der Waals surface area contributed by atoms with Gasteiger partial charge in [0.2, 0.25) is 0 Å². The maximum atomic E-state index is 4.83. The summed E-state index contributed by atoms with van der Waals surface area (Å²) < 4.78 is 0. The molecule has 5 nitrogen and oxygen atoms in total. The highest BCUT2D eigenvalue weighted by atomic mass is 32.1. The predicted molar refractivity (Wildman–Crippen MR) is 119 cm³/mol. The Morgan fingerprint density at radius 3 is 2.75 bits per heavy atom. The van der Waals surface area contributed by atoms with Crippen LogP contribution in [-0.2, 0) is 19.4 Å². The maximum Gasteiger partial charge on any atom is 0.191 e. The van der Waals surface area contributed by atoms with E-state index in [-0.39, 0.29) is 0 Å². The molecule has 0 radical (unpaired) electrons. The molecule has 1 aromatic carbocycles. The molecular formula is C22H33N5S. The molecule has 0 saturated heterocycles. The summed E-state index contributed by atoms with van der Waals surface area (Å²) in [5.74, 6) is 0.900. The lowest BCUT2D eigenvalue weighted by Crippen LogP contribution is -2.42. The number of aromatic nitrogens is 1. The molecule has 1 unspecified atom stereocenters. The standard InChI is InChI=1S/C22H33N5S/c1-5-23-22(24-12-10-21-26-17(3)18(4)28-21)25-14-16(2)27-13-11-19-8-6-7-9-20(19)15-27/h6-9,16H,5,10-15H2,1-4H3,(H2,23,24,25). The summed E-state index contributed by atoms with van der Waals surface area (Å²) in [7, 11) is 0. The summed E-state index contributed by atoms with van der Waals surface area (Å²) in [5.41, 5.74) is 4.11. The summed E-state index contributed by atoms with van der Waals surface area (Å²) in [4.78, 5) is 13.3. The number of aryl methyl sites for hydroxylation is 2. The Morgan fingerprint density at radius 1 is 1.25 bits per heavy atom. The topological polar surface area (TPSA) is 52.6 Å². The van der Waals surface area contributed by atoms with Crippen molar-refractivity contribution in [1.82, 2.24) is 20.5 Å². The van der Waals surface area contributed by atoms with Crippen LogP contribution in [0, 0.1) is 13.8 Å². The Kier molecular flexibility index (Phi) is 7.45. The fourth-order valence-corrected chi connectivity index (χ4v) is 4.44. The molecule has 2 heterocycles. The lowest BCUT2D eigenvalue weighted by Gasteiger charge is -2.33. The van der Waals surface area contributed by atoms with Crippen molar-refractivity contribution in [3.8, 4) is 0 Å². The van der Waals surface area contributed by atoms with Gasteiger partial charge < -0.3 is 10.6 Å². The first-order valence-corrected chi connectivity index (χ1v) is 11.1. The molecule has 0 fully saturated rings. The van der Waals surface area contributed by atoms with Gasteiger partial charge in [0, 0.05) is 43.5 Å². The molecule has 1 aliphatic heterocycles. The minimum atomic E-state index is 0.424. The van der Waals surface area contributed by atoms with Crippen LogP contribution in [0.4, 0.5) is 0 Å². The van der Waals surface area contributed by atoms with Crippen LogP contribution >= 0.6 is 11.3 Å². The molecule has 1 aromatic heterocycles. The Hall–Kier alpha value is -1.92. The summed E-state index contributed by atoms with van der Waals surface area (Å²) in [5, 5.41) is 8.01. The number of nitrogens with zero attached hydrogens (tertiary/aromatic N) is 3. The van der Waals surface area contributed by atoms with Gasteiger partial charge in [-0.05, 0) is 45.2 Å². The molecule has 152 valence electrons. The molecule has 0 saturated carbocycles. The molecule has 28 heavy (non-hydrogen) atoms. The minimum Gasteiger partial charge on any atom is -0.357 e. The van der Waals surface area contributed by atoms with Gasteiger partial charge in [0.1, 0.15) is 0 Å². The van der Waals surface area contributed by atoms with Crippen LogP contribution in [0.2, 0.25) is 0 Å². The highest BCUT2D eigenvalue weighted by molar-refractivity contribution is 7.11. The minimum absolute atomic E-state index is 0.424. The van der Waals surface area contributed by atoms with Gasteiger partial charge in [-0.1, -0.05) is 24.3 Å². The van der Waals surface area contributed by atoms with Crippen LogP contribution in [0.15, 0.2) is 29.3 Å². The first kappa shape index (κ1) is 20.8. The SMILES string of the molecule is CCNC(=NCC(C)N1CCc2ccccc2C1)NCCc1nc(C)c(C)s1. The number of hydrogen-bond acceptors (Lipinski definition) is 4. The lowest BCUT2D eigenvalue weighted by atomic mass is 9.99. The highest BCUT2D eigenvalue weighted by Crippen LogP contribution is 2.20. The number of guanidine groups is 1. The van der Waals surface area contributed by atoms with Crippen molar-refractivity contribution in [1.29, 1.82) is 0 Å². The molecule has 6 heteroatoms. The molecule has 0 amide bonds. The second-order valence-electron chi connectivity index (χ2n) is 7.48. The number of aliphatic imine (C=N–C) groups is 1. The average Bonchev–Trinajstić information content (AvgIpc) is 3.02. The third-order valence-electron chi connectivity index (χ3n) is 5.35. The summed E-state index contributed by atoms with van der Waals surface area (Å²) >= 11 is 1.79. The van der Waals surface area contributed by atoms with Crippen molar-refractivity contribution in [2.24, 2.45) is 4.99 Å². The molecule has 1 aliphatic rings. The van der Waals surface area contributed by atoms with Crippen LogP contribution in [0.1, 0.15) is 40.6 Å². The molecule has 2 N–H and O–H groups in total. The number of hydrogen-bond donors (Lipinski definition) is 2. The molecule has 2 aromatic rings. The van der Waals surface area contributed by atoms with Crippen molar-refractivity contribution >= 4 is 17.3 Å². The third kappa shape index (κ3) is 5.55. The third-order valence-corrected chi connectivity index (χ3v) is 6.48. The van der Waals surface area contributed by atoms with Crippen molar-refractivity contribution < 1.29 is 0 Å². The Labute approximate surface area is 173 Å². The fraction of sp³-hybridized carbons (Fsp3) is 0.545. The summed E-state index contributed by atoms with van der Waals surface area (Å²) in [6.45, 7) is 13.3. The number of nitrogens with one attached hydrogen (secondary N) is 2. The van der Waals surface area contributed by atoms with Gasteiger partial charge in [0.15, 0.2) is 5.96 Å². The van der Waals surface area contributed by atoms with E-state index < -0.39 is 0 Å². The van der Waals surface area contributed by atoms with Crippen LogP contribution in [0.5, 0.6) is 0 Å². The van der Waals surface area contributed by atoms with Crippen LogP contribution in [0.3, 0.4) is 0 Å². The van der Waals surface area contributed by atoms with Gasteiger partial charge >= 0.3 is 0 Å². The number of benzene rings is 1. The van der Waals surface area contributed by atoms with Crippen LogP contribution < -0.4 is 10.6 Å². The van der Waals surface area contributed by atoms with Crippen LogP contribution in [0.25, 0.3) is 0 Å². The monoisotopic (exact) mass is 399 g/mol. The molecule has 0 spiro atoms. The van der Waals surface area contributed by atoms with E-state index in [9.17, 15) is 0 Å². The summed E-state index contributed by atoms with van der Waals surface area (Å²) in [6.07, 6.45) is 2.07. The van der Waals surface area contributed by atoms with E-state index in [1.165, 1.54) is 21.0 Å². The van der Waals surface area contributed by atoms with E-state index in [0.29, 0.717) is 6.04 Å². The van der Waals surface area contributed by atoms with Crippen molar-refractivity contribution in [2.45, 2.75) is 53.1 Å². The number of thiazole rings is 1. The summed E-state index contributed by atoms with van der Waals surface area (Å²) in [6, 6.07) is 9.22. The van der Waals surface area contributed by atoms with E-state index in [1.807, 2.05) is 0 Å². The Balaban J connectivity index is 1.50. The van der Waals surface area contributed by atoms with Gasteiger partial charge in [-0.15, -0.1) is 11.3 Å². The number of rotatable bonds is 7. The van der Waals surface area contributed by atoms with E-state index in [2.05, 4.69) is 72.5 Å². The van der Waals surface area contributed by atoms with Gasteiger partial charge in [0.25, 0.3) is 0 Å². The highest BCUT2D eigenvalue weighted by Gasteiger charge is 2.20. The van der Waals surface area contributed by atoms with E-state index >= 15 is 0 Å². The van der Waals surface area contributed by atoms with Gasteiger partial charge in [-0.25, -0.2) is 4.98 Å². The van der Waals surface area contributed by atoms with Crippen LogP contribution in [-0.4, -0.2) is 48.1 Å². The molecule has 3 rings (SSSR count). The zero-order chi connectivity index (χ0) is 19.9. The van der Waals surface area contributed by atoms with E-state index in [4.69, 9.17) is 4.99 Å². The Bertz CT molecular complexity index is 778. The zero-order valence-electron chi connectivity index (χ0n) is 17.6. The molecule has 0 aliphatic carbocycles. The first-order chi connectivity index (χ1) is 13.6. The maximum absolute atomic E-state index is 4.83. The van der Waals surface area contributed by atoms with E-state index in [0.717, 1.165) is 57.2 Å². The van der Waals surface area contributed by atoms with Crippen molar-refractivity contribution in [3.05, 3.63) is 51.0 Å². The molecular weight excluding hydrogens is 366 g/mol. The quantitative estimate of drug-likeness (QED) is 0.554.